The molecule has 0 amide bonds. The number of aromatic nitrogens is 2. The fourth-order valence-corrected chi connectivity index (χ4v) is 2.21. The first kappa shape index (κ1) is 16.3. The number of hydrogen-bond donors (Lipinski definition) is 2. The van der Waals surface area contributed by atoms with Crippen LogP contribution in [0.1, 0.15) is 11.3 Å². The highest BCUT2D eigenvalue weighted by atomic mass is 16.4. The Bertz CT molecular complexity index is 909. The van der Waals surface area contributed by atoms with Crippen LogP contribution in [0.5, 0.6) is 0 Å². The molecule has 0 bridgehead atoms. The second-order valence-electron chi connectivity index (χ2n) is 5.12. The first-order chi connectivity index (χ1) is 12.1. The fourth-order valence-electron chi connectivity index (χ4n) is 2.21. The van der Waals surface area contributed by atoms with E-state index in [9.17, 15) is 15.0 Å². The largest absolute Gasteiger partial charge is 0.506 e. The van der Waals surface area contributed by atoms with Crippen LogP contribution in [0.15, 0.2) is 76.0 Å². The second-order valence-corrected chi connectivity index (χ2v) is 5.12. The van der Waals surface area contributed by atoms with Gasteiger partial charge < -0.3 is 14.6 Å². The number of aliphatic carboxylic acids is 1. The molecule has 3 aromatic rings. The molecule has 0 aliphatic rings. The van der Waals surface area contributed by atoms with Gasteiger partial charge in [-0.2, -0.15) is 5.10 Å². The van der Waals surface area contributed by atoms with Crippen molar-refractivity contribution in [3.8, 4) is 0 Å². The van der Waals surface area contributed by atoms with Gasteiger partial charge in [0, 0.05) is 17.8 Å². The van der Waals surface area contributed by atoms with Crippen molar-refractivity contribution < 1.29 is 19.4 Å². The Labute approximate surface area is 143 Å². The summed E-state index contributed by atoms with van der Waals surface area (Å²) in [6, 6.07) is 13.6. The molecule has 0 radical (unpaired) electrons. The maximum absolute atomic E-state index is 11.5. The van der Waals surface area contributed by atoms with Crippen LogP contribution < -0.4 is 0 Å². The number of carboxylic acid groups (broad SMARTS) is 1. The number of hydrogen-bond acceptors (Lipinski definition) is 5. The Hall–Kier alpha value is -3.61. The molecule has 0 aliphatic heterocycles. The zero-order chi connectivity index (χ0) is 17.6. The van der Waals surface area contributed by atoms with Crippen LogP contribution in [-0.4, -0.2) is 32.2 Å². The van der Waals surface area contributed by atoms with Crippen molar-refractivity contribution in [2.75, 3.05) is 0 Å². The Morgan fingerprint density at radius 2 is 1.96 bits per heavy atom. The first-order valence-electron chi connectivity index (χ1n) is 7.45. The number of rotatable bonds is 6. The van der Waals surface area contributed by atoms with Crippen LogP contribution in [0.25, 0.3) is 5.76 Å². The maximum Gasteiger partial charge on any atom is 0.341 e. The third kappa shape index (κ3) is 3.84. The molecule has 0 spiro atoms. The highest BCUT2D eigenvalue weighted by Gasteiger charge is 2.14. The zero-order valence-electron chi connectivity index (χ0n) is 13.1. The van der Waals surface area contributed by atoms with Gasteiger partial charge in [0.15, 0.2) is 5.82 Å². The van der Waals surface area contributed by atoms with E-state index >= 15 is 0 Å². The highest BCUT2D eigenvalue weighted by Crippen LogP contribution is 2.17. The Kier molecular flexibility index (Phi) is 4.75. The van der Waals surface area contributed by atoms with E-state index < -0.39 is 5.97 Å². The second kappa shape index (κ2) is 7.31. The highest BCUT2D eigenvalue weighted by molar-refractivity contribution is 6.14. The summed E-state index contributed by atoms with van der Waals surface area (Å²) in [7, 11) is 0. The van der Waals surface area contributed by atoms with E-state index in [1.165, 1.54) is 0 Å². The number of carboxylic acids is 1. The predicted octanol–water partition coefficient (Wildman–Crippen LogP) is 3.28. The molecule has 0 saturated carbocycles. The zero-order valence-corrected chi connectivity index (χ0v) is 13.1. The molecule has 0 atom stereocenters. The molecular weight excluding hydrogens is 322 g/mol. The summed E-state index contributed by atoms with van der Waals surface area (Å²) in [5, 5.41) is 23.7. The van der Waals surface area contributed by atoms with Crippen molar-refractivity contribution in [1.82, 2.24) is 9.78 Å². The van der Waals surface area contributed by atoms with E-state index in [1.807, 2.05) is 0 Å². The van der Waals surface area contributed by atoms with Crippen LogP contribution in [0, 0.1) is 0 Å². The summed E-state index contributed by atoms with van der Waals surface area (Å²) < 4.78 is 6.83. The van der Waals surface area contributed by atoms with E-state index in [-0.39, 0.29) is 11.3 Å². The number of carbonyl (C=O) groups is 1. The molecule has 0 aliphatic carbocycles. The quantitative estimate of drug-likeness (QED) is 0.408. The number of benzene rings is 1. The van der Waals surface area contributed by atoms with Gasteiger partial charge in [0.25, 0.3) is 0 Å². The molecule has 1 aromatic carbocycles. The molecule has 0 saturated heterocycles. The van der Waals surface area contributed by atoms with Crippen LogP contribution in [-0.2, 0) is 11.3 Å². The van der Waals surface area contributed by atoms with Crippen molar-refractivity contribution in [3.63, 3.8) is 0 Å². The lowest BCUT2D eigenvalue weighted by molar-refractivity contribution is -0.132. The van der Waals surface area contributed by atoms with Gasteiger partial charge in [-0.1, -0.05) is 30.3 Å². The minimum absolute atomic E-state index is 0.308. The topological polar surface area (TPSA) is 101 Å². The first-order valence-corrected chi connectivity index (χ1v) is 7.45. The summed E-state index contributed by atoms with van der Waals surface area (Å²) in [5.74, 6) is -0.492. The molecule has 126 valence electrons. The normalized spacial score (nSPS) is 12.3. The van der Waals surface area contributed by atoms with Gasteiger partial charge in [-0.3, -0.25) is 0 Å². The van der Waals surface area contributed by atoms with Crippen LogP contribution in [0.4, 0.5) is 5.82 Å². The lowest BCUT2D eigenvalue weighted by Crippen LogP contribution is -2.06. The number of aliphatic imine (C=N–C) groups is 1. The molecule has 7 heteroatoms. The average Bonchev–Trinajstić information content (AvgIpc) is 3.28. The van der Waals surface area contributed by atoms with Gasteiger partial charge in [-0.15, -0.1) is 0 Å². The van der Waals surface area contributed by atoms with Gasteiger partial charge in [0.1, 0.15) is 23.6 Å². The number of furan rings is 1. The third-order valence-corrected chi connectivity index (χ3v) is 3.44. The summed E-state index contributed by atoms with van der Waals surface area (Å²) in [4.78, 5) is 15.6. The molecule has 2 heterocycles. The molecule has 7 nitrogen and oxygen atoms in total. The number of nitrogens with zero attached hydrogens (tertiary/aromatic N) is 3. The SMILES string of the molecule is O=C(O)C(C=Nc1ccnn1Cc1ccco1)=C(O)c1ccccc1. The number of aliphatic hydroxyl groups excluding tert-OH is 1. The van der Waals surface area contributed by atoms with Crippen molar-refractivity contribution >= 4 is 23.8 Å². The van der Waals surface area contributed by atoms with Gasteiger partial charge in [-0.25, -0.2) is 14.5 Å². The Morgan fingerprint density at radius 3 is 2.64 bits per heavy atom. The smallest absolute Gasteiger partial charge is 0.341 e. The fraction of sp³-hybridized carbons (Fsp3) is 0.0556. The summed E-state index contributed by atoms with van der Waals surface area (Å²) in [5.41, 5.74) is 0.0902. The minimum atomic E-state index is -1.28. The third-order valence-electron chi connectivity index (χ3n) is 3.44. The van der Waals surface area contributed by atoms with Gasteiger partial charge in [-0.05, 0) is 12.1 Å². The van der Waals surface area contributed by atoms with Crippen molar-refractivity contribution in [3.05, 3.63) is 77.9 Å². The van der Waals surface area contributed by atoms with Crippen LogP contribution in [0.2, 0.25) is 0 Å². The van der Waals surface area contributed by atoms with Crippen molar-refractivity contribution in [1.29, 1.82) is 0 Å². The van der Waals surface area contributed by atoms with E-state index in [0.29, 0.717) is 23.7 Å². The molecular formula is C18H15N3O4. The maximum atomic E-state index is 11.5. The van der Waals surface area contributed by atoms with E-state index in [2.05, 4.69) is 10.1 Å². The monoisotopic (exact) mass is 337 g/mol. The Balaban J connectivity index is 1.89. The van der Waals surface area contributed by atoms with Crippen LogP contribution in [0.3, 0.4) is 0 Å². The average molecular weight is 337 g/mol. The van der Waals surface area contributed by atoms with Gasteiger partial charge in [0.2, 0.25) is 0 Å². The lowest BCUT2D eigenvalue weighted by atomic mass is 10.1. The minimum Gasteiger partial charge on any atom is -0.506 e. The lowest BCUT2D eigenvalue weighted by Gasteiger charge is -2.04. The summed E-state index contributed by atoms with van der Waals surface area (Å²) >= 11 is 0. The number of aliphatic hydroxyl groups is 1. The summed E-state index contributed by atoms with van der Waals surface area (Å²) in [6.07, 6.45) is 4.22. The van der Waals surface area contributed by atoms with Crippen LogP contribution >= 0.6 is 0 Å². The van der Waals surface area contributed by atoms with Gasteiger partial charge >= 0.3 is 5.97 Å². The molecule has 3 rings (SSSR count). The summed E-state index contributed by atoms with van der Waals surface area (Å²) in [6.45, 7) is 0.365. The molecule has 0 unspecified atom stereocenters. The molecule has 25 heavy (non-hydrogen) atoms. The van der Waals surface area contributed by atoms with Gasteiger partial charge in [0.05, 0.1) is 12.5 Å². The van der Waals surface area contributed by atoms with E-state index in [4.69, 9.17) is 4.42 Å². The Morgan fingerprint density at radius 1 is 1.16 bits per heavy atom. The van der Waals surface area contributed by atoms with Crippen molar-refractivity contribution in [2.45, 2.75) is 6.54 Å². The predicted molar refractivity (Wildman–Crippen MR) is 91.8 cm³/mol. The van der Waals surface area contributed by atoms with E-state index in [0.717, 1.165) is 6.21 Å². The standard InChI is InChI=1S/C18H15N3O4/c22-17(13-5-2-1-3-6-13)15(18(23)24)11-19-16-8-9-20-21(16)12-14-7-4-10-25-14/h1-11,22H,12H2,(H,23,24). The van der Waals surface area contributed by atoms with Crippen molar-refractivity contribution in [2.24, 2.45) is 4.99 Å². The molecule has 0 fully saturated rings. The molecule has 2 aromatic heterocycles. The molecule has 2 N–H and O–H groups in total. The van der Waals surface area contributed by atoms with E-state index in [1.54, 1.807) is 65.7 Å².